The summed E-state index contributed by atoms with van der Waals surface area (Å²) in [4.78, 5) is 18.9. The van der Waals surface area contributed by atoms with Crippen molar-refractivity contribution < 1.29 is 14.3 Å². The van der Waals surface area contributed by atoms with E-state index in [9.17, 15) is 4.79 Å². The smallest absolute Gasteiger partial charge is 0.223 e. The van der Waals surface area contributed by atoms with Gasteiger partial charge in [-0.25, -0.2) is 4.98 Å². The summed E-state index contributed by atoms with van der Waals surface area (Å²) in [6.07, 6.45) is 8.53. The molecular formula is C17H27N3O3. The second kappa shape index (κ2) is 7.45. The van der Waals surface area contributed by atoms with Crippen LogP contribution in [0.15, 0.2) is 12.5 Å². The second-order valence-corrected chi connectivity index (χ2v) is 6.59. The van der Waals surface area contributed by atoms with Crippen LogP contribution in [0.5, 0.6) is 0 Å². The number of rotatable bonds is 5. The monoisotopic (exact) mass is 321 g/mol. The lowest BCUT2D eigenvalue weighted by Gasteiger charge is -2.40. The molecule has 0 radical (unpaired) electrons. The highest BCUT2D eigenvalue weighted by molar-refractivity contribution is 5.77. The minimum absolute atomic E-state index is 0.162. The van der Waals surface area contributed by atoms with Gasteiger partial charge in [0.05, 0.1) is 31.7 Å². The molecule has 1 aliphatic heterocycles. The van der Waals surface area contributed by atoms with E-state index in [1.165, 1.54) is 6.42 Å². The van der Waals surface area contributed by atoms with Crippen molar-refractivity contribution in [2.24, 2.45) is 13.0 Å². The van der Waals surface area contributed by atoms with Crippen molar-refractivity contribution in [1.82, 2.24) is 14.5 Å². The number of imidazole rings is 1. The van der Waals surface area contributed by atoms with E-state index in [0.29, 0.717) is 32.1 Å². The molecule has 1 aromatic heterocycles. The third-order valence-corrected chi connectivity index (χ3v) is 5.30. The molecule has 1 aliphatic carbocycles. The number of carbonyl (C=O) groups is 1. The van der Waals surface area contributed by atoms with E-state index < -0.39 is 0 Å². The lowest BCUT2D eigenvalue weighted by molar-refractivity contribution is -0.144. The molecule has 0 unspecified atom stereocenters. The van der Waals surface area contributed by atoms with E-state index in [0.717, 1.165) is 25.0 Å². The molecule has 128 valence electrons. The number of morpholine rings is 1. The fourth-order valence-electron chi connectivity index (χ4n) is 3.98. The van der Waals surface area contributed by atoms with Crippen molar-refractivity contribution in [2.45, 2.75) is 44.2 Å². The number of carbonyl (C=O) groups excluding carboxylic acids is 1. The maximum absolute atomic E-state index is 12.8. The fourth-order valence-corrected chi connectivity index (χ4v) is 3.98. The van der Waals surface area contributed by atoms with E-state index in [1.54, 1.807) is 13.4 Å². The Hall–Kier alpha value is -1.40. The molecule has 2 aliphatic rings. The van der Waals surface area contributed by atoms with Crippen LogP contribution in [-0.2, 0) is 27.7 Å². The molecule has 0 bridgehead atoms. The van der Waals surface area contributed by atoms with Gasteiger partial charge >= 0.3 is 0 Å². The number of nitrogens with zero attached hydrogens (tertiary/aromatic N) is 3. The minimum Gasteiger partial charge on any atom is -0.381 e. The van der Waals surface area contributed by atoms with Crippen molar-refractivity contribution in [3.8, 4) is 0 Å². The van der Waals surface area contributed by atoms with Gasteiger partial charge in [0.25, 0.3) is 0 Å². The van der Waals surface area contributed by atoms with Crippen LogP contribution < -0.4 is 0 Å². The molecule has 1 saturated carbocycles. The lowest BCUT2D eigenvalue weighted by Crippen LogP contribution is -2.53. The van der Waals surface area contributed by atoms with E-state index in [2.05, 4.69) is 4.98 Å². The zero-order valence-electron chi connectivity index (χ0n) is 14.1. The van der Waals surface area contributed by atoms with Crippen LogP contribution >= 0.6 is 0 Å². The summed E-state index contributed by atoms with van der Waals surface area (Å²) in [5.74, 6) is 0.627. The zero-order valence-corrected chi connectivity index (χ0v) is 14.1. The van der Waals surface area contributed by atoms with Gasteiger partial charge < -0.3 is 18.9 Å². The van der Waals surface area contributed by atoms with Gasteiger partial charge in [-0.2, -0.15) is 0 Å². The van der Waals surface area contributed by atoms with Gasteiger partial charge in [0.15, 0.2) is 0 Å². The molecule has 2 heterocycles. The second-order valence-electron chi connectivity index (χ2n) is 6.59. The van der Waals surface area contributed by atoms with E-state index in [-0.39, 0.29) is 18.1 Å². The predicted octanol–water partition coefficient (Wildman–Crippen LogP) is 1.40. The van der Waals surface area contributed by atoms with Crippen LogP contribution in [0.1, 0.15) is 31.4 Å². The highest BCUT2D eigenvalue weighted by Gasteiger charge is 2.40. The summed E-state index contributed by atoms with van der Waals surface area (Å²) < 4.78 is 13.3. The first-order valence-corrected chi connectivity index (χ1v) is 8.56. The molecule has 6 nitrogen and oxygen atoms in total. The normalized spacial score (nSPS) is 28.3. The minimum atomic E-state index is 0.162. The number of aromatic nitrogens is 2. The topological polar surface area (TPSA) is 56.6 Å². The molecule has 3 rings (SSSR count). The number of amides is 1. The molecule has 0 N–H and O–H groups in total. The van der Waals surface area contributed by atoms with E-state index in [4.69, 9.17) is 9.47 Å². The Morgan fingerprint density at radius 3 is 3.09 bits per heavy atom. The maximum Gasteiger partial charge on any atom is 0.223 e. The Morgan fingerprint density at radius 1 is 1.48 bits per heavy atom. The van der Waals surface area contributed by atoms with Crippen LogP contribution in [0.2, 0.25) is 0 Å². The van der Waals surface area contributed by atoms with Crippen LogP contribution in [-0.4, -0.2) is 59.4 Å². The largest absolute Gasteiger partial charge is 0.381 e. The summed E-state index contributed by atoms with van der Waals surface area (Å²) in [5.41, 5.74) is 1.10. The van der Waals surface area contributed by atoms with Gasteiger partial charge in [-0.05, 0) is 19.3 Å². The third kappa shape index (κ3) is 3.58. The average Bonchev–Trinajstić information content (AvgIpc) is 3.21. The van der Waals surface area contributed by atoms with Crippen molar-refractivity contribution in [3.63, 3.8) is 0 Å². The molecular weight excluding hydrogens is 294 g/mol. The molecule has 23 heavy (non-hydrogen) atoms. The lowest BCUT2D eigenvalue weighted by atomic mass is 9.93. The van der Waals surface area contributed by atoms with Gasteiger partial charge in [0, 0.05) is 44.9 Å². The molecule has 1 aromatic rings. The van der Waals surface area contributed by atoms with Crippen LogP contribution in [0.4, 0.5) is 0 Å². The van der Waals surface area contributed by atoms with Gasteiger partial charge in [-0.1, -0.05) is 6.42 Å². The van der Waals surface area contributed by atoms with Gasteiger partial charge in [-0.3, -0.25) is 4.79 Å². The number of hydrogen-bond acceptors (Lipinski definition) is 4. The van der Waals surface area contributed by atoms with Crippen LogP contribution in [0.25, 0.3) is 0 Å². The first-order valence-electron chi connectivity index (χ1n) is 8.56. The summed E-state index contributed by atoms with van der Waals surface area (Å²) >= 11 is 0. The standard InChI is InChI=1S/C17H27N3O3/c1-19-12-18-10-13(19)6-7-17(21)20-8-9-23-11-15(20)14-4-3-5-16(14)22-2/h10,12,14-16H,3-9,11H2,1-2H3/t14-,15-,16-/m1/s1. The number of methoxy groups -OCH3 is 1. The van der Waals surface area contributed by atoms with Crippen LogP contribution in [0, 0.1) is 5.92 Å². The first kappa shape index (κ1) is 16.5. The Morgan fingerprint density at radius 2 is 2.35 bits per heavy atom. The van der Waals surface area contributed by atoms with Crippen LogP contribution in [0.3, 0.4) is 0 Å². The number of ether oxygens (including phenoxy) is 2. The molecule has 3 atom stereocenters. The van der Waals surface area contributed by atoms with Crippen molar-refractivity contribution in [1.29, 1.82) is 0 Å². The van der Waals surface area contributed by atoms with Gasteiger partial charge in [0.2, 0.25) is 5.91 Å². The number of aryl methyl sites for hydroxylation is 2. The highest BCUT2D eigenvalue weighted by Crippen LogP contribution is 2.34. The van der Waals surface area contributed by atoms with Crippen molar-refractivity contribution in [2.75, 3.05) is 26.9 Å². The summed E-state index contributed by atoms with van der Waals surface area (Å²) in [7, 11) is 3.74. The SMILES string of the molecule is CO[C@@H]1CCC[C@@H]1[C@H]1COCCN1C(=O)CCc1cncn1C. The third-order valence-electron chi connectivity index (χ3n) is 5.30. The summed E-state index contributed by atoms with van der Waals surface area (Å²) in [6, 6.07) is 0.162. The van der Waals surface area contributed by atoms with Crippen molar-refractivity contribution >= 4 is 5.91 Å². The molecule has 6 heteroatoms. The Kier molecular flexibility index (Phi) is 5.33. The molecule has 1 saturated heterocycles. The quantitative estimate of drug-likeness (QED) is 0.822. The Balaban J connectivity index is 1.63. The van der Waals surface area contributed by atoms with Gasteiger partial charge in [0.1, 0.15) is 0 Å². The van der Waals surface area contributed by atoms with E-state index >= 15 is 0 Å². The first-order chi connectivity index (χ1) is 11.2. The Labute approximate surface area is 137 Å². The fraction of sp³-hybridized carbons (Fsp3) is 0.765. The van der Waals surface area contributed by atoms with Gasteiger partial charge in [-0.15, -0.1) is 0 Å². The molecule has 0 spiro atoms. The number of hydrogen-bond donors (Lipinski definition) is 0. The molecule has 0 aromatic carbocycles. The maximum atomic E-state index is 12.8. The molecule has 1 amide bonds. The summed E-state index contributed by atoms with van der Waals surface area (Å²) in [6.45, 7) is 1.97. The molecule has 2 fully saturated rings. The van der Waals surface area contributed by atoms with E-state index in [1.807, 2.05) is 22.7 Å². The van der Waals surface area contributed by atoms with Crippen molar-refractivity contribution in [3.05, 3.63) is 18.2 Å². The summed E-state index contributed by atoms with van der Waals surface area (Å²) in [5, 5.41) is 0. The zero-order chi connectivity index (χ0) is 16.2. The highest BCUT2D eigenvalue weighted by atomic mass is 16.5. The Bertz CT molecular complexity index is 531. The predicted molar refractivity (Wildman–Crippen MR) is 86.0 cm³/mol. The average molecular weight is 321 g/mol.